The van der Waals surface area contributed by atoms with E-state index in [4.69, 9.17) is 14.4 Å². The number of nitriles is 1. The lowest BCUT2D eigenvalue weighted by Crippen LogP contribution is -2.34. The lowest BCUT2D eigenvalue weighted by molar-refractivity contribution is 0.0703. The molecular weight excluding hydrogens is 304 g/mol. The summed E-state index contributed by atoms with van der Waals surface area (Å²) < 4.78 is 11.2. The van der Waals surface area contributed by atoms with Gasteiger partial charge in [0, 0.05) is 13.1 Å². The number of nitrogens with zero attached hydrogens (tertiary/aromatic N) is 2. The van der Waals surface area contributed by atoms with Gasteiger partial charge in [-0.05, 0) is 30.2 Å². The van der Waals surface area contributed by atoms with Gasteiger partial charge in [-0.25, -0.2) is 0 Å². The van der Waals surface area contributed by atoms with E-state index in [0.717, 1.165) is 5.75 Å². The van der Waals surface area contributed by atoms with Crippen molar-refractivity contribution in [3.05, 3.63) is 54.0 Å². The van der Waals surface area contributed by atoms with Crippen LogP contribution in [0.25, 0.3) is 0 Å². The molecule has 1 aromatic heterocycles. The molecule has 2 rings (SSSR count). The van der Waals surface area contributed by atoms with Crippen LogP contribution in [0.3, 0.4) is 0 Å². The Kier molecular flexibility index (Phi) is 6.44. The largest absolute Gasteiger partial charge is 0.486 e. The van der Waals surface area contributed by atoms with Crippen molar-refractivity contribution in [3.8, 4) is 11.8 Å². The third-order valence-corrected chi connectivity index (χ3v) is 3.36. The van der Waals surface area contributed by atoms with E-state index in [0.29, 0.717) is 31.2 Å². The molecule has 0 atom stereocenters. The van der Waals surface area contributed by atoms with Crippen molar-refractivity contribution < 1.29 is 13.9 Å². The van der Waals surface area contributed by atoms with Crippen molar-refractivity contribution in [2.24, 2.45) is 5.92 Å². The zero-order valence-corrected chi connectivity index (χ0v) is 14.1. The standard InChI is InChI=1S/C19H22N2O3/c1-15(2)13-21(12-6-11-20)19(22)18-10-9-17(24-18)14-23-16-7-4-3-5-8-16/h3-5,7-10,15H,6,12-14H2,1-2H3. The van der Waals surface area contributed by atoms with Crippen LogP contribution in [0.2, 0.25) is 0 Å². The van der Waals surface area contributed by atoms with Crippen molar-refractivity contribution in [1.82, 2.24) is 4.90 Å². The number of carbonyl (C=O) groups excluding carboxylic acids is 1. The SMILES string of the molecule is CC(C)CN(CCC#N)C(=O)c1ccc(COc2ccccc2)o1. The monoisotopic (exact) mass is 326 g/mol. The first-order valence-corrected chi connectivity index (χ1v) is 8.03. The molecule has 0 N–H and O–H groups in total. The minimum Gasteiger partial charge on any atom is -0.486 e. The van der Waals surface area contributed by atoms with Crippen molar-refractivity contribution in [1.29, 1.82) is 5.26 Å². The zero-order valence-electron chi connectivity index (χ0n) is 14.1. The van der Waals surface area contributed by atoms with Gasteiger partial charge >= 0.3 is 0 Å². The smallest absolute Gasteiger partial charge is 0.289 e. The third kappa shape index (κ3) is 5.17. The molecule has 5 heteroatoms. The quantitative estimate of drug-likeness (QED) is 0.738. The molecule has 126 valence electrons. The normalized spacial score (nSPS) is 10.4. The van der Waals surface area contributed by atoms with Crippen LogP contribution in [0.1, 0.15) is 36.6 Å². The number of hydrogen-bond acceptors (Lipinski definition) is 4. The van der Waals surface area contributed by atoms with Gasteiger partial charge in [-0.2, -0.15) is 5.26 Å². The molecule has 2 aromatic rings. The molecule has 1 aromatic carbocycles. The molecule has 1 amide bonds. The molecular formula is C19H22N2O3. The molecule has 0 saturated heterocycles. The number of rotatable bonds is 8. The maximum atomic E-state index is 12.6. The Balaban J connectivity index is 1.99. The number of benzene rings is 1. The van der Waals surface area contributed by atoms with Gasteiger partial charge in [0.2, 0.25) is 0 Å². The Bertz CT molecular complexity index is 686. The summed E-state index contributed by atoms with van der Waals surface area (Å²) in [6.07, 6.45) is 0.309. The van der Waals surface area contributed by atoms with E-state index in [2.05, 4.69) is 6.07 Å². The second-order valence-corrected chi connectivity index (χ2v) is 5.92. The van der Waals surface area contributed by atoms with Crippen LogP contribution >= 0.6 is 0 Å². The molecule has 0 aliphatic carbocycles. The summed E-state index contributed by atoms with van der Waals surface area (Å²) >= 11 is 0. The summed E-state index contributed by atoms with van der Waals surface area (Å²) in [5, 5.41) is 8.76. The van der Waals surface area contributed by atoms with Crippen LogP contribution in [0.4, 0.5) is 0 Å². The van der Waals surface area contributed by atoms with Gasteiger partial charge in [0.05, 0.1) is 12.5 Å². The first kappa shape index (κ1) is 17.6. The molecule has 0 fully saturated rings. The lowest BCUT2D eigenvalue weighted by atomic mass is 10.2. The topological polar surface area (TPSA) is 66.5 Å². The lowest BCUT2D eigenvalue weighted by Gasteiger charge is -2.22. The fraction of sp³-hybridized carbons (Fsp3) is 0.368. The van der Waals surface area contributed by atoms with E-state index in [9.17, 15) is 4.79 Å². The Morgan fingerprint density at radius 3 is 2.67 bits per heavy atom. The van der Waals surface area contributed by atoms with E-state index < -0.39 is 0 Å². The Morgan fingerprint density at radius 2 is 2.00 bits per heavy atom. The minimum atomic E-state index is -0.190. The van der Waals surface area contributed by atoms with Crippen LogP contribution in [0.5, 0.6) is 5.75 Å². The second kappa shape index (κ2) is 8.78. The first-order chi connectivity index (χ1) is 11.6. The van der Waals surface area contributed by atoms with E-state index in [1.54, 1.807) is 17.0 Å². The highest BCUT2D eigenvalue weighted by Crippen LogP contribution is 2.16. The van der Waals surface area contributed by atoms with E-state index in [-0.39, 0.29) is 18.3 Å². The number of furan rings is 1. The first-order valence-electron chi connectivity index (χ1n) is 8.03. The van der Waals surface area contributed by atoms with Gasteiger partial charge in [0.1, 0.15) is 18.1 Å². The van der Waals surface area contributed by atoms with E-state index in [1.807, 2.05) is 44.2 Å². The molecule has 0 spiro atoms. The fourth-order valence-corrected chi connectivity index (χ4v) is 2.30. The molecule has 1 heterocycles. The van der Waals surface area contributed by atoms with Gasteiger partial charge in [-0.3, -0.25) is 4.79 Å². The van der Waals surface area contributed by atoms with E-state index >= 15 is 0 Å². The summed E-state index contributed by atoms with van der Waals surface area (Å²) in [5.41, 5.74) is 0. The highest BCUT2D eigenvalue weighted by molar-refractivity contribution is 5.91. The molecule has 0 saturated carbocycles. The van der Waals surface area contributed by atoms with Gasteiger partial charge in [-0.15, -0.1) is 0 Å². The Hall–Kier alpha value is -2.74. The number of hydrogen-bond donors (Lipinski definition) is 0. The second-order valence-electron chi connectivity index (χ2n) is 5.92. The van der Waals surface area contributed by atoms with Gasteiger partial charge in [0.15, 0.2) is 5.76 Å². The Morgan fingerprint density at radius 1 is 1.25 bits per heavy atom. The van der Waals surface area contributed by atoms with Crippen molar-refractivity contribution in [2.45, 2.75) is 26.9 Å². The van der Waals surface area contributed by atoms with Crippen LogP contribution < -0.4 is 4.74 Å². The van der Waals surface area contributed by atoms with Gasteiger partial charge in [-0.1, -0.05) is 32.0 Å². The maximum absolute atomic E-state index is 12.6. The molecule has 0 bridgehead atoms. The van der Waals surface area contributed by atoms with Gasteiger partial charge in [0.25, 0.3) is 5.91 Å². The molecule has 0 radical (unpaired) electrons. The summed E-state index contributed by atoms with van der Waals surface area (Å²) in [6.45, 7) is 5.34. The minimum absolute atomic E-state index is 0.190. The van der Waals surface area contributed by atoms with Crippen molar-refractivity contribution in [2.75, 3.05) is 13.1 Å². The predicted octanol–water partition coefficient (Wildman–Crippen LogP) is 3.87. The summed E-state index contributed by atoms with van der Waals surface area (Å²) in [6, 6.07) is 14.9. The Labute approximate surface area is 142 Å². The summed E-state index contributed by atoms with van der Waals surface area (Å²) in [4.78, 5) is 14.2. The number of amides is 1. The average molecular weight is 326 g/mol. The molecule has 5 nitrogen and oxygen atoms in total. The molecule has 24 heavy (non-hydrogen) atoms. The highest BCUT2D eigenvalue weighted by Gasteiger charge is 2.20. The van der Waals surface area contributed by atoms with E-state index in [1.165, 1.54) is 0 Å². The molecule has 0 unspecified atom stereocenters. The average Bonchev–Trinajstić information content (AvgIpc) is 3.05. The van der Waals surface area contributed by atoms with Crippen LogP contribution in [-0.2, 0) is 6.61 Å². The van der Waals surface area contributed by atoms with Crippen molar-refractivity contribution >= 4 is 5.91 Å². The summed E-state index contributed by atoms with van der Waals surface area (Å²) in [7, 11) is 0. The van der Waals surface area contributed by atoms with Crippen LogP contribution in [-0.4, -0.2) is 23.9 Å². The van der Waals surface area contributed by atoms with Crippen LogP contribution in [0, 0.1) is 17.2 Å². The highest BCUT2D eigenvalue weighted by atomic mass is 16.5. The number of carbonyl (C=O) groups is 1. The number of para-hydroxylation sites is 1. The van der Waals surface area contributed by atoms with Crippen molar-refractivity contribution in [3.63, 3.8) is 0 Å². The maximum Gasteiger partial charge on any atom is 0.289 e. The molecule has 0 aliphatic heterocycles. The van der Waals surface area contributed by atoms with Gasteiger partial charge < -0.3 is 14.1 Å². The fourth-order valence-electron chi connectivity index (χ4n) is 2.30. The number of ether oxygens (including phenoxy) is 1. The van der Waals surface area contributed by atoms with Crippen LogP contribution in [0.15, 0.2) is 46.9 Å². The predicted molar refractivity (Wildman–Crippen MR) is 90.5 cm³/mol. The zero-order chi connectivity index (χ0) is 17.4. The molecule has 0 aliphatic rings. The third-order valence-electron chi connectivity index (χ3n) is 3.36. The summed E-state index contributed by atoms with van der Waals surface area (Å²) in [5.74, 6) is 1.75.